The molecule has 1 amide bonds. The molecule has 0 radical (unpaired) electrons. The van der Waals surface area contributed by atoms with Crippen molar-refractivity contribution in [1.82, 2.24) is 16.1 Å². The van der Waals surface area contributed by atoms with Gasteiger partial charge in [-0.3, -0.25) is 10.2 Å². The van der Waals surface area contributed by atoms with Crippen LogP contribution in [0.25, 0.3) is 0 Å². The molecule has 0 aromatic carbocycles. The number of unbranched alkanes of at least 4 members (excludes halogenated alkanes) is 4. The van der Waals surface area contributed by atoms with E-state index in [0.29, 0.717) is 25.9 Å². The van der Waals surface area contributed by atoms with Gasteiger partial charge in [0.15, 0.2) is 5.03 Å². The van der Waals surface area contributed by atoms with Gasteiger partial charge in [0.2, 0.25) is 5.91 Å². The molecule has 0 aromatic heterocycles. The predicted molar refractivity (Wildman–Crippen MR) is 92.1 cm³/mol. The number of rotatable bonds is 12. The molecule has 23 heavy (non-hydrogen) atoms. The lowest BCUT2D eigenvalue weighted by Gasteiger charge is -2.12. The van der Waals surface area contributed by atoms with Crippen LogP contribution in [0.5, 0.6) is 0 Å². The second kappa shape index (κ2) is 15.3. The van der Waals surface area contributed by atoms with E-state index < -0.39 is 11.1 Å². The molecule has 0 rings (SSSR count). The third-order valence-electron chi connectivity index (χ3n) is 3.11. The SMILES string of the molecule is CCCCCCCNC(=O)[C@@H](N)CCCNC(=N)N[N+](=O)[O-].Cl. The molecule has 0 aliphatic rings. The van der Waals surface area contributed by atoms with Crippen molar-refractivity contribution in [3.05, 3.63) is 10.1 Å². The van der Waals surface area contributed by atoms with Crippen LogP contribution in [0.3, 0.4) is 0 Å². The van der Waals surface area contributed by atoms with Crippen LogP contribution >= 0.6 is 12.4 Å². The molecular formula is C13H29ClN6O3. The highest BCUT2D eigenvalue weighted by atomic mass is 35.5. The summed E-state index contributed by atoms with van der Waals surface area (Å²) in [6.45, 7) is 3.15. The van der Waals surface area contributed by atoms with Crippen molar-refractivity contribution in [1.29, 1.82) is 5.41 Å². The summed E-state index contributed by atoms with van der Waals surface area (Å²) in [5, 5.41) is 21.8. The molecule has 0 aromatic rings. The van der Waals surface area contributed by atoms with E-state index in [0.717, 1.165) is 12.8 Å². The van der Waals surface area contributed by atoms with Crippen LogP contribution in [0.4, 0.5) is 0 Å². The van der Waals surface area contributed by atoms with E-state index in [-0.39, 0.29) is 24.3 Å². The second-order valence-electron chi connectivity index (χ2n) is 5.12. The van der Waals surface area contributed by atoms with E-state index in [4.69, 9.17) is 11.1 Å². The van der Waals surface area contributed by atoms with Gasteiger partial charge in [0.1, 0.15) is 0 Å². The van der Waals surface area contributed by atoms with E-state index in [1.807, 2.05) is 0 Å². The van der Waals surface area contributed by atoms with Gasteiger partial charge >= 0.3 is 0 Å². The number of halogens is 1. The zero-order chi connectivity index (χ0) is 16.8. The van der Waals surface area contributed by atoms with Crippen molar-refractivity contribution in [2.45, 2.75) is 57.9 Å². The zero-order valence-electron chi connectivity index (χ0n) is 13.6. The molecule has 9 nitrogen and oxygen atoms in total. The molecule has 136 valence electrons. The number of nitrogens with two attached hydrogens (primary N) is 1. The lowest BCUT2D eigenvalue weighted by Crippen LogP contribution is -2.42. The summed E-state index contributed by atoms with van der Waals surface area (Å²) in [6, 6.07) is -0.588. The highest BCUT2D eigenvalue weighted by Gasteiger charge is 2.12. The van der Waals surface area contributed by atoms with Gasteiger partial charge in [-0.2, -0.15) is 0 Å². The molecule has 0 spiro atoms. The molecule has 10 heteroatoms. The average molecular weight is 353 g/mol. The van der Waals surface area contributed by atoms with Gasteiger partial charge < -0.3 is 16.4 Å². The number of hydrazine groups is 1. The topological polar surface area (TPSA) is 146 Å². The number of guanidine groups is 1. The van der Waals surface area contributed by atoms with Crippen molar-refractivity contribution in [3.63, 3.8) is 0 Å². The highest BCUT2D eigenvalue weighted by Crippen LogP contribution is 2.01. The van der Waals surface area contributed by atoms with Gasteiger partial charge in [-0.15, -0.1) is 12.4 Å². The van der Waals surface area contributed by atoms with Gasteiger partial charge in [-0.05, 0) is 19.3 Å². The highest BCUT2D eigenvalue weighted by molar-refractivity contribution is 5.85. The number of carbonyl (C=O) groups is 1. The quantitative estimate of drug-likeness (QED) is 0.116. The molecule has 0 heterocycles. The van der Waals surface area contributed by atoms with Crippen molar-refractivity contribution in [3.8, 4) is 0 Å². The Labute approximate surface area is 143 Å². The minimum Gasteiger partial charge on any atom is -0.355 e. The van der Waals surface area contributed by atoms with Gasteiger partial charge in [-0.1, -0.05) is 38.0 Å². The third kappa shape index (κ3) is 15.1. The van der Waals surface area contributed by atoms with Crippen LogP contribution in [-0.4, -0.2) is 36.0 Å². The number of nitro groups is 1. The standard InChI is InChI=1S/C13H28N6O3.ClH/c1-2-3-4-5-6-9-16-12(20)11(14)8-7-10-17-13(15)18-19(21)22;/h11H,2-10,14H2,1H3,(H,16,20)(H3,15,17,18);1H/t11-;/m0./s1. The number of nitrogens with zero attached hydrogens (tertiary/aromatic N) is 1. The number of hydrogen-bond acceptors (Lipinski definition) is 5. The fourth-order valence-electron chi connectivity index (χ4n) is 1.87. The lowest BCUT2D eigenvalue weighted by molar-refractivity contribution is -0.525. The number of hydrogen-bond donors (Lipinski definition) is 5. The summed E-state index contributed by atoms with van der Waals surface area (Å²) in [6.07, 6.45) is 6.69. The van der Waals surface area contributed by atoms with Crippen molar-refractivity contribution in [2.24, 2.45) is 5.73 Å². The van der Waals surface area contributed by atoms with Crippen LogP contribution in [0.1, 0.15) is 51.9 Å². The van der Waals surface area contributed by atoms with Gasteiger partial charge in [0.25, 0.3) is 5.96 Å². The Balaban J connectivity index is 0. The maximum atomic E-state index is 11.7. The van der Waals surface area contributed by atoms with E-state index >= 15 is 0 Å². The molecule has 0 aliphatic heterocycles. The summed E-state index contributed by atoms with van der Waals surface area (Å²) < 4.78 is 0. The Bertz CT molecular complexity index is 357. The minimum absolute atomic E-state index is 0. The van der Waals surface area contributed by atoms with Crippen LogP contribution in [0.15, 0.2) is 0 Å². The van der Waals surface area contributed by atoms with E-state index in [1.54, 1.807) is 5.43 Å². The number of carbonyl (C=O) groups excluding carboxylic acids is 1. The van der Waals surface area contributed by atoms with Gasteiger partial charge in [0.05, 0.1) is 6.04 Å². The molecule has 0 bridgehead atoms. The first-order chi connectivity index (χ1) is 10.5. The fraction of sp³-hybridized carbons (Fsp3) is 0.846. The third-order valence-corrected chi connectivity index (χ3v) is 3.11. The summed E-state index contributed by atoms with van der Waals surface area (Å²) in [7, 11) is 0. The Morgan fingerprint density at radius 2 is 1.78 bits per heavy atom. The molecule has 0 unspecified atom stereocenters. The molecule has 1 atom stereocenters. The molecule has 0 fully saturated rings. The molecule has 0 aliphatic carbocycles. The van der Waals surface area contributed by atoms with Gasteiger partial charge in [0, 0.05) is 13.1 Å². The van der Waals surface area contributed by atoms with Crippen LogP contribution in [0, 0.1) is 15.5 Å². The van der Waals surface area contributed by atoms with Crippen LogP contribution in [0.2, 0.25) is 0 Å². The summed E-state index contributed by atoms with van der Waals surface area (Å²) in [5.41, 5.74) is 7.45. The number of nitrogens with one attached hydrogen (secondary N) is 4. The van der Waals surface area contributed by atoms with Crippen molar-refractivity contribution < 1.29 is 9.83 Å². The summed E-state index contributed by atoms with van der Waals surface area (Å²) in [4.78, 5) is 21.8. The maximum absolute atomic E-state index is 11.7. The summed E-state index contributed by atoms with van der Waals surface area (Å²) in [5.74, 6) is -0.552. The first-order valence-electron chi connectivity index (χ1n) is 7.74. The molecule has 0 saturated heterocycles. The molecule has 0 saturated carbocycles. The maximum Gasteiger partial charge on any atom is 0.251 e. The Morgan fingerprint density at radius 1 is 1.17 bits per heavy atom. The first-order valence-corrected chi connectivity index (χ1v) is 7.74. The Morgan fingerprint density at radius 3 is 2.39 bits per heavy atom. The second-order valence-corrected chi connectivity index (χ2v) is 5.12. The Kier molecular flexibility index (Phi) is 15.7. The van der Waals surface area contributed by atoms with E-state index in [2.05, 4.69) is 17.6 Å². The summed E-state index contributed by atoms with van der Waals surface area (Å²) >= 11 is 0. The van der Waals surface area contributed by atoms with Gasteiger partial charge in [-0.25, -0.2) is 10.1 Å². The van der Waals surface area contributed by atoms with Crippen LogP contribution in [-0.2, 0) is 4.79 Å². The zero-order valence-corrected chi connectivity index (χ0v) is 14.4. The Hall–Kier alpha value is -1.61. The minimum atomic E-state index is -0.810. The normalized spacial score (nSPS) is 11.0. The van der Waals surface area contributed by atoms with Crippen molar-refractivity contribution in [2.75, 3.05) is 13.1 Å². The average Bonchev–Trinajstić information content (AvgIpc) is 2.46. The van der Waals surface area contributed by atoms with Crippen molar-refractivity contribution >= 4 is 24.3 Å². The van der Waals surface area contributed by atoms with Crippen LogP contribution < -0.4 is 21.8 Å². The predicted octanol–water partition coefficient (Wildman–Crippen LogP) is 0.908. The smallest absolute Gasteiger partial charge is 0.251 e. The molecule has 6 N–H and O–H groups in total. The molecular weight excluding hydrogens is 324 g/mol. The monoisotopic (exact) mass is 352 g/mol. The lowest BCUT2D eigenvalue weighted by atomic mass is 10.1. The van der Waals surface area contributed by atoms with E-state index in [9.17, 15) is 14.9 Å². The first kappa shape index (κ1) is 23.7. The van der Waals surface area contributed by atoms with E-state index in [1.165, 1.54) is 19.3 Å². The number of amides is 1. The largest absolute Gasteiger partial charge is 0.355 e. The fourth-order valence-corrected chi connectivity index (χ4v) is 1.87.